The molecule has 0 saturated heterocycles. The number of hydrogen-bond donors (Lipinski definition) is 1. The molecular formula is C11H11FN2S. The summed E-state index contributed by atoms with van der Waals surface area (Å²) in [6, 6.07) is 5.21. The fourth-order valence-corrected chi connectivity index (χ4v) is 1.91. The van der Waals surface area contributed by atoms with Crippen LogP contribution in [0.15, 0.2) is 35.2 Å². The SMILES string of the molecule is CC(Nc1ccsc1)c1ccc(F)cn1. The third-order valence-corrected chi connectivity index (χ3v) is 2.78. The summed E-state index contributed by atoms with van der Waals surface area (Å²) in [5.41, 5.74) is 1.90. The fourth-order valence-electron chi connectivity index (χ4n) is 1.31. The highest BCUT2D eigenvalue weighted by molar-refractivity contribution is 7.08. The van der Waals surface area contributed by atoms with Crippen molar-refractivity contribution in [1.29, 1.82) is 0 Å². The second-order valence-electron chi connectivity index (χ2n) is 3.28. The minimum atomic E-state index is -0.304. The van der Waals surface area contributed by atoms with Crippen molar-refractivity contribution in [3.63, 3.8) is 0 Å². The number of hydrogen-bond acceptors (Lipinski definition) is 3. The van der Waals surface area contributed by atoms with Crippen LogP contribution in [0.25, 0.3) is 0 Å². The summed E-state index contributed by atoms with van der Waals surface area (Å²) in [6.07, 6.45) is 1.24. The molecule has 2 nitrogen and oxygen atoms in total. The lowest BCUT2D eigenvalue weighted by Gasteiger charge is -2.12. The Morgan fingerprint density at radius 1 is 1.40 bits per heavy atom. The fraction of sp³-hybridized carbons (Fsp3) is 0.182. The minimum Gasteiger partial charge on any atom is -0.376 e. The molecule has 0 aliphatic carbocycles. The molecule has 1 unspecified atom stereocenters. The molecule has 2 heterocycles. The highest BCUT2D eigenvalue weighted by Gasteiger charge is 2.06. The molecule has 0 aromatic carbocycles. The van der Waals surface area contributed by atoms with E-state index in [4.69, 9.17) is 0 Å². The third kappa shape index (κ3) is 2.53. The summed E-state index contributed by atoms with van der Waals surface area (Å²) in [6.45, 7) is 2.00. The number of thiophene rings is 1. The largest absolute Gasteiger partial charge is 0.376 e. The number of rotatable bonds is 3. The van der Waals surface area contributed by atoms with Crippen LogP contribution >= 0.6 is 11.3 Å². The Bertz CT molecular complexity index is 411. The van der Waals surface area contributed by atoms with Crippen molar-refractivity contribution in [3.05, 3.63) is 46.7 Å². The van der Waals surface area contributed by atoms with Crippen molar-refractivity contribution >= 4 is 17.0 Å². The predicted molar refractivity (Wildman–Crippen MR) is 60.6 cm³/mol. The molecule has 0 fully saturated rings. The molecule has 0 aliphatic rings. The lowest BCUT2D eigenvalue weighted by Crippen LogP contribution is -2.07. The van der Waals surface area contributed by atoms with E-state index in [9.17, 15) is 4.39 Å². The first-order valence-corrected chi connectivity index (χ1v) is 5.60. The molecule has 15 heavy (non-hydrogen) atoms. The number of aromatic nitrogens is 1. The van der Waals surface area contributed by atoms with Crippen molar-refractivity contribution < 1.29 is 4.39 Å². The summed E-state index contributed by atoms with van der Waals surface area (Å²) in [4.78, 5) is 4.02. The lowest BCUT2D eigenvalue weighted by atomic mass is 10.2. The molecule has 2 aromatic rings. The van der Waals surface area contributed by atoms with Gasteiger partial charge in [-0.1, -0.05) is 0 Å². The van der Waals surface area contributed by atoms with Gasteiger partial charge in [0.05, 0.1) is 17.9 Å². The second kappa shape index (κ2) is 4.40. The third-order valence-electron chi connectivity index (χ3n) is 2.10. The van der Waals surface area contributed by atoms with Crippen molar-refractivity contribution in [2.24, 2.45) is 0 Å². The van der Waals surface area contributed by atoms with Crippen molar-refractivity contribution in [2.45, 2.75) is 13.0 Å². The molecule has 1 N–H and O–H groups in total. The van der Waals surface area contributed by atoms with Gasteiger partial charge in [-0.05, 0) is 30.5 Å². The molecule has 2 aromatic heterocycles. The van der Waals surface area contributed by atoms with Crippen LogP contribution in [-0.4, -0.2) is 4.98 Å². The number of nitrogens with zero attached hydrogens (tertiary/aromatic N) is 1. The summed E-state index contributed by atoms with van der Waals surface area (Å²) in [5.74, 6) is -0.304. The van der Waals surface area contributed by atoms with Crippen molar-refractivity contribution in [1.82, 2.24) is 4.98 Å². The lowest BCUT2D eigenvalue weighted by molar-refractivity contribution is 0.617. The van der Waals surface area contributed by atoms with E-state index in [1.807, 2.05) is 23.8 Å². The van der Waals surface area contributed by atoms with E-state index in [0.717, 1.165) is 11.4 Å². The quantitative estimate of drug-likeness (QED) is 0.860. The van der Waals surface area contributed by atoms with E-state index in [1.165, 1.54) is 12.3 Å². The maximum Gasteiger partial charge on any atom is 0.141 e. The van der Waals surface area contributed by atoms with E-state index in [0.29, 0.717) is 0 Å². The summed E-state index contributed by atoms with van der Waals surface area (Å²) in [7, 11) is 0. The Hall–Kier alpha value is -1.42. The minimum absolute atomic E-state index is 0.0835. The van der Waals surface area contributed by atoms with Crippen LogP contribution < -0.4 is 5.32 Å². The highest BCUT2D eigenvalue weighted by atomic mass is 32.1. The van der Waals surface area contributed by atoms with Gasteiger partial charge in [0.25, 0.3) is 0 Å². The Morgan fingerprint density at radius 2 is 2.27 bits per heavy atom. The van der Waals surface area contributed by atoms with Gasteiger partial charge in [-0.15, -0.1) is 0 Å². The average molecular weight is 222 g/mol. The van der Waals surface area contributed by atoms with Crippen LogP contribution in [0.5, 0.6) is 0 Å². The summed E-state index contributed by atoms with van der Waals surface area (Å²) >= 11 is 1.64. The molecule has 0 aliphatic heterocycles. The van der Waals surface area contributed by atoms with Crippen molar-refractivity contribution in [3.8, 4) is 0 Å². The summed E-state index contributed by atoms with van der Waals surface area (Å²) < 4.78 is 12.6. The first-order chi connectivity index (χ1) is 7.25. The summed E-state index contributed by atoms with van der Waals surface area (Å²) in [5, 5.41) is 7.32. The van der Waals surface area contributed by atoms with Crippen LogP contribution in [0.4, 0.5) is 10.1 Å². The molecule has 0 amide bonds. The van der Waals surface area contributed by atoms with E-state index in [-0.39, 0.29) is 11.9 Å². The Labute approximate surface area is 91.8 Å². The molecule has 0 saturated carbocycles. The molecule has 78 valence electrons. The molecule has 2 rings (SSSR count). The van der Waals surface area contributed by atoms with Gasteiger partial charge in [0.15, 0.2) is 0 Å². The maximum atomic E-state index is 12.6. The van der Waals surface area contributed by atoms with Crippen LogP contribution in [0.1, 0.15) is 18.7 Å². The molecule has 1 atom stereocenters. The van der Waals surface area contributed by atoms with Gasteiger partial charge < -0.3 is 5.32 Å². The van der Waals surface area contributed by atoms with Gasteiger partial charge >= 0.3 is 0 Å². The number of nitrogens with one attached hydrogen (secondary N) is 1. The number of anilines is 1. The van der Waals surface area contributed by atoms with Crippen LogP contribution in [0, 0.1) is 5.82 Å². The zero-order valence-electron chi connectivity index (χ0n) is 8.27. The second-order valence-corrected chi connectivity index (χ2v) is 4.06. The molecule has 0 radical (unpaired) electrons. The first-order valence-electron chi connectivity index (χ1n) is 4.66. The molecule has 4 heteroatoms. The van der Waals surface area contributed by atoms with E-state index in [2.05, 4.69) is 10.3 Å². The van der Waals surface area contributed by atoms with E-state index in [1.54, 1.807) is 17.4 Å². The Kier molecular flexibility index (Phi) is 2.97. The molecule has 0 bridgehead atoms. The van der Waals surface area contributed by atoms with Crippen molar-refractivity contribution in [2.75, 3.05) is 5.32 Å². The monoisotopic (exact) mass is 222 g/mol. The van der Waals surface area contributed by atoms with E-state index >= 15 is 0 Å². The van der Waals surface area contributed by atoms with Crippen LogP contribution in [0.3, 0.4) is 0 Å². The van der Waals surface area contributed by atoms with E-state index < -0.39 is 0 Å². The van der Waals surface area contributed by atoms with Crippen LogP contribution in [-0.2, 0) is 0 Å². The molecular weight excluding hydrogens is 211 g/mol. The standard InChI is InChI=1S/C11H11FN2S/c1-8(14-10-4-5-15-7-10)11-3-2-9(12)6-13-11/h2-8,14H,1H3. The number of halogens is 1. The highest BCUT2D eigenvalue weighted by Crippen LogP contribution is 2.19. The maximum absolute atomic E-state index is 12.6. The topological polar surface area (TPSA) is 24.9 Å². The average Bonchev–Trinajstić information content (AvgIpc) is 2.71. The van der Waals surface area contributed by atoms with Gasteiger partial charge in [-0.25, -0.2) is 4.39 Å². The first kappa shape index (κ1) is 10.1. The normalized spacial score (nSPS) is 12.4. The van der Waals surface area contributed by atoms with Gasteiger partial charge in [-0.2, -0.15) is 11.3 Å². The number of pyridine rings is 1. The van der Waals surface area contributed by atoms with Gasteiger partial charge in [-0.3, -0.25) is 4.98 Å². The smallest absolute Gasteiger partial charge is 0.141 e. The van der Waals surface area contributed by atoms with Gasteiger partial charge in [0.1, 0.15) is 5.82 Å². The molecule has 0 spiro atoms. The predicted octanol–water partition coefficient (Wildman–Crippen LogP) is 3.46. The van der Waals surface area contributed by atoms with Crippen LogP contribution in [0.2, 0.25) is 0 Å². The Balaban J connectivity index is 2.08. The zero-order chi connectivity index (χ0) is 10.7. The Morgan fingerprint density at radius 3 is 2.87 bits per heavy atom. The van der Waals surface area contributed by atoms with Gasteiger partial charge in [0, 0.05) is 11.1 Å². The van der Waals surface area contributed by atoms with Gasteiger partial charge in [0.2, 0.25) is 0 Å². The zero-order valence-corrected chi connectivity index (χ0v) is 9.09.